The third-order valence-electron chi connectivity index (χ3n) is 1.47. The molecule has 0 amide bonds. The molecule has 0 spiro atoms. The molecule has 1 aromatic carbocycles. The number of carboxylic acid groups (broad SMARTS) is 1. The average Bonchev–Trinajstić information content (AvgIpc) is 2.11. The van der Waals surface area contributed by atoms with E-state index in [4.69, 9.17) is 16.7 Å². The van der Waals surface area contributed by atoms with E-state index in [1.54, 1.807) is 6.07 Å². The van der Waals surface area contributed by atoms with E-state index in [-0.39, 0.29) is 10.6 Å². The molecule has 0 radical (unpaired) electrons. The van der Waals surface area contributed by atoms with Gasteiger partial charge in [-0.1, -0.05) is 27.5 Å². The molecule has 0 atom stereocenters. The van der Waals surface area contributed by atoms with Crippen molar-refractivity contribution >= 4 is 39.6 Å². The van der Waals surface area contributed by atoms with Crippen LogP contribution >= 0.6 is 27.5 Å². The minimum atomic E-state index is -1.14. The predicted molar refractivity (Wildman–Crippen MR) is 55.8 cm³/mol. The van der Waals surface area contributed by atoms with E-state index >= 15 is 0 Å². The molecule has 1 aromatic rings. The van der Waals surface area contributed by atoms with Crippen molar-refractivity contribution in [1.29, 1.82) is 0 Å². The van der Waals surface area contributed by atoms with Crippen LogP contribution in [0.2, 0.25) is 5.02 Å². The summed E-state index contributed by atoms with van der Waals surface area (Å²) in [5.41, 5.74) is 0.125. The molecular formula is C9H5BrClFO2. The van der Waals surface area contributed by atoms with E-state index < -0.39 is 11.8 Å². The molecule has 0 unspecified atom stereocenters. The van der Waals surface area contributed by atoms with Gasteiger partial charge < -0.3 is 5.11 Å². The van der Waals surface area contributed by atoms with Gasteiger partial charge in [0.25, 0.3) is 0 Å². The highest BCUT2D eigenvalue weighted by Crippen LogP contribution is 2.26. The SMILES string of the molecule is O=C(O)/C=C/c1c(Br)ccc(Cl)c1F. The topological polar surface area (TPSA) is 37.3 Å². The fourth-order valence-electron chi connectivity index (χ4n) is 0.850. The van der Waals surface area contributed by atoms with Crippen LogP contribution in [0.25, 0.3) is 6.08 Å². The Kier molecular flexibility index (Phi) is 3.66. The molecule has 0 aliphatic carbocycles. The molecule has 0 bridgehead atoms. The van der Waals surface area contributed by atoms with Gasteiger partial charge in [0, 0.05) is 16.1 Å². The highest BCUT2D eigenvalue weighted by molar-refractivity contribution is 9.10. The number of carbonyl (C=O) groups is 1. The van der Waals surface area contributed by atoms with Crippen molar-refractivity contribution in [3.63, 3.8) is 0 Å². The molecule has 0 fully saturated rings. The van der Waals surface area contributed by atoms with Gasteiger partial charge in [0.15, 0.2) is 0 Å². The summed E-state index contributed by atoms with van der Waals surface area (Å²) in [6.45, 7) is 0. The number of carboxylic acids is 1. The second-order valence-corrected chi connectivity index (χ2v) is 3.69. The normalized spacial score (nSPS) is 10.8. The zero-order valence-electron chi connectivity index (χ0n) is 6.80. The Labute approximate surface area is 93.1 Å². The van der Waals surface area contributed by atoms with Crippen molar-refractivity contribution < 1.29 is 14.3 Å². The number of aliphatic carboxylic acids is 1. The number of rotatable bonds is 2. The molecule has 1 N–H and O–H groups in total. The van der Waals surface area contributed by atoms with Crippen LogP contribution in [0.3, 0.4) is 0 Å². The van der Waals surface area contributed by atoms with Gasteiger partial charge in [0.05, 0.1) is 5.02 Å². The smallest absolute Gasteiger partial charge is 0.328 e. The summed E-state index contributed by atoms with van der Waals surface area (Å²) >= 11 is 8.61. The Hall–Kier alpha value is -0.870. The molecule has 14 heavy (non-hydrogen) atoms. The van der Waals surface area contributed by atoms with E-state index in [2.05, 4.69) is 15.9 Å². The summed E-state index contributed by atoms with van der Waals surface area (Å²) in [4.78, 5) is 10.2. The summed E-state index contributed by atoms with van der Waals surface area (Å²) in [7, 11) is 0. The summed E-state index contributed by atoms with van der Waals surface area (Å²) in [6, 6.07) is 2.94. The third kappa shape index (κ3) is 2.56. The summed E-state index contributed by atoms with van der Waals surface area (Å²) in [5, 5.41) is 8.33. The van der Waals surface area contributed by atoms with E-state index in [1.807, 2.05) is 0 Å². The Morgan fingerprint density at radius 3 is 2.79 bits per heavy atom. The highest BCUT2D eigenvalue weighted by Gasteiger charge is 2.08. The van der Waals surface area contributed by atoms with Gasteiger partial charge in [-0.2, -0.15) is 0 Å². The van der Waals surface area contributed by atoms with E-state index in [1.165, 1.54) is 6.07 Å². The van der Waals surface area contributed by atoms with E-state index in [0.717, 1.165) is 12.2 Å². The fourth-order valence-corrected chi connectivity index (χ4v) is 1.45. The predicted octanol–water partition coefficient (Wildman–Crippen LogP) is 3.34. The molecule has 0 aromatic heterocycles. The molecule has 1 rings (SSSR count). The lowest BCUT2D eigenvalue weighted by molar-refractivity contribution is -0.131. The molecule has 0 saturated carbocycles. The van der Waals surface area contributed by atoms with Crippen LogP contribution in [0.4, 0.5) is 4.39 Å². The summed E-state index contributed by atoms with van der Waals surface area (Å²) in [6.07, 6.45) is 1.99. The average molecular weight is 279 g/mol. The zero-order valence-corrected chi connectivity index (χ0v) is 9.14. The molecule has 5 heteroatoms. The Morgan fingerprint density at radius 2 is 2.21 bits per heavy atom. The fraction of sp³-hybridized carbons (Fsp3) is 0. The van der Waals surface area contributed by atoms with Crippen LogP contribution in [-0.2, 0) is 4.79 Å². The Balaban J connectivity index is 3.19. The number of halogens is 3. The van der Waals surface area contributed by atoms with Crippen LogP contribution < -0.4 is 0 Å². The first kappa shape index (κ1) is 11.2. The van der Waals surface area contributed by atoms with Crippen LogP contribution in [0.1, 0.15) is 5.56 Å². The van der Waals surface area contributed by atoms with Crippen molar-refractivity contribution in [3.05, 3.63) is 39.1 Å². The maximum Gasteiger partial charge on any atom is 0.328 e. The van der Waals surface area contributed by atoms with Gasteiger partial charge in [0.2, 0.25) is 0 Å². The van der Waals surface area contributed by atoms with Crippen LogP contribution in [0, 0.1) is 5.82 Å². The lowest BCUT2D eigenvalue weighted by Gasteiger charge is -2.01. The summed E-state index contributed by atoms with van der Waals surface area (Å²) in [5.74, 6) is -1.78. The van der Waals surface area contributed by atoms with Crippen molar-refractivity contribution in [2.45, 2.75) is 0 Å². The second-order valence-electron chi connectivity index (χ2n) is 2.43. The minimum absolute atomic E-state index is 0.0433. The van der Waals surface area contributed by atoms with Crippen molar-refractivity contribution in [2.24, 2.45) is 0 Å². The monoisotopic (exact) mass is 278 g/mol. The molecular weight excluding hydrogens is 274 g/mol. The lowest BCUT2D eigenvalue weighted by Crippen LogP contribution is -1.89. The number of hydrogen-bond donors (Lipinski definition) is 1. The number of benzene rings is 1. The molecule has 0 saturated heterocycles. The van der Waals surface area contributed by atoms with Gasteiger partial charge in [0.1, 0.15) is 5.82 Å². The van der Waals surface area contributed by atoms with Crippen LogP contribution in [-0.4, -0.2) is 11.1 Å². The maximum absolute atomic E-state index is 13.3. The minimum Gasteiger partial charge on any atom is -0.478 e. The number of hydrogen-bond acceptors (Lipinski definition) is 1. The maximum atomic E-state index is 13.3. The first-order chi connectivity index (χ1) is 6.52. The van der Waals surface area contributed by atoms with E-state index in [9.17, 15) is 9.18 Å². The van der Waals surface area contributed by atoms with Gasteiger partial charge in [-0.15, -0.1) is 0 Å². The molecule has 0 aliphatic heterocycles. The van der Waals surface area contributed by atoms with Gasteiger partial charge in [-0.25, -0.2) is 9.18 Å². The van der Waals surface area contributed by atoms with E-state index in [0.29, 0.717) is 4.47 Å². The summed E-state index contributed by atoms with van der Waals surface area (Å²) < 4.78 is 13.8. The van der Waals surface area contributed by atoms with Crippen molar-refractivity contribution in [2.75, 3.05) is 0 Å². The first-order valence-electron chi connectivity index (χ1n) is 3.57. The molecule has 0 heterocycles. The molecule has 0 aliphatic rings. The molecule has 74 valence electrons. The third-order valence-corrected chi connectivity index (χ3v) is 2.46. The molecule has 2 nitrogen and oxygen atoms in total. The van der Waals surface area contributed by atoms with Crippen molar-refractivity contribution in [1.82, 2.24) is 0 Å². The Morgan fingerprint density at radius 1 is 1.57 bits per heavy atom. The van der Waals surface area contributed by atoms with Crippen LogP contribution in [0.15, 0.2) is 22.7 Å². The van der Waals surface area contributed by atoms with Crippen LogP contribution in [0.5, 0.6) is 0 Å². The highest BCUT2D eigenvalue weighted by atomic mass is 79.9. The largest absolute Gasteiger partial charge is 0.478 e. The lowest BCUT2D eigenvalue weighted by atomic mass is 10.2. The quantitative estimate of drug-likeness (QED) is 0.666. The second kappa shape index (κ2) is 4.57. The van der Waals surface area contributed by atoms with Gasteiger partial charge in [-0.05, 0) is 18.2 Å². The zero-order chi connectivity index (χ0) is 10.7. The Bertz CT molecular complexity index is 404. The van der Waals surface area contributed by atoms with Crippen molar-refractivity contribution in [3.8, 4) is 0 Å². The van der Waals surface area contributed by atoms with Gasteiger partial charge >= 0.3 is 5.97 Å². The van der Waals surface area contributed by atoms with Gasteiger partial charge in [-0.3, -0.25) is 0 Å². The first-order valence-corrected chi connectivity index (χ1v) is 4.74. The standard InChI is InChI=1S/C9H5BrClFO2/c10-6-2-3-7(11)9(12)5(6)1-4-8(13)14/h1-4H,(H,13,14)/b4-1+.